The molecule has 0 atom stereocenters. The third kappa shape index (κ3) is 2.04. The van der Waals surface area contributed by atoms with E-state index in [1.54, 1.807) is 0 Å². The second-order valence-electron chi connectivity index (χ2n) is 4.69. The first kappa shape index (κ1) is 14.3. The van der Waals surface area contributed by atoms with E-state index < -0.39 is 0 Å². The van der Waals surface area contributed by atoms with E-state index >= 15 is 0 Å². The smallest absolute Gasteiger partial charge is 0.254 e. The van der Waals surface area contributed by atoms with Crippen molar-refractivity contribution in [3.8, 4) is 0 Å². The van der Waals surface area contributed by atoms with Crippen molar-refractivity contribution >= 4 is 21.8 Å². The highest BCUT2D eigenvalue weighted by Crippen LogP contribution is 2.24. The number of rotatable bonds is 2. The van der Waals surface area contributed by atoms with Gasteiger partial charge in [-0.05, 0) is 37.4 Å². The zero-order valence-electron chi connectivity index (χ0n) is 11.7. The van der Waals surface area contributed by atoms with E-state index in [2.05, 4.69) is 66.3 Å². The SMILES string of the molecule is CCn1c(C)[n+](CC)c2c3ccccc3ccc21.[I-]. The van der Waals surface area contributed by atoms with Crippen LogP contribution in [0.15, 0.2) is 36.4 Å². The van der Waals surface area contributed by atoms with Crippen LogP contribution >= 0.6 is 0 Å². The molecule has 0 amide bonds. The molecule has 3 rings (SSSR count). The van der Waals surface area contributed by atoms with Crippen molar-refractivity contribution < 1.29 is 28.5 Å². The van der Waals surface area contributed by atoms with Gasteiger partial charge >= 0.3 is 0 Å². The Balaban J connectivity index is 0.00000133. The van der Waals surface area contributed by atoms with E-state index in [4.69, 9.17) is 0 Å². The average Bonchev–Trinajstić information content (AvgIpc) is 2.70. The minimum absolute atomic E-state index is 0. The van der Waals surface area contributed by atoms with Crippen molar-refractivity contribution in [1.82, 2.24) is 4.57 Å². The highest BCUT2D eigenvalue weighted by molar-refractivity contribution is 6.02. The molecule has 100 valence electrons. The van der Waals surface area contributed by atoms with Crippen molar-refractivity contribution in [1.29, 1.82) is 0 Å². The maximum atomic E-state index is 2.42. The predicted octanol–water partition coefficient (Wildman–Crippen LogP) is 0.434. The maximum Gasteiger partial charge on any atom is 0.254 e. The zero-order valence-corrected chi connectivity index (χ0v) is 13.8. The number of halogens is 1. The summed E-state index contributed by atoms with van der Waals surface area (Å²) in [6, 6.07) is 13.1. The minimum Gasteiger partial charge on any atom is -1.00 e. The normalized spacial score (nSPS) is 10.9. The van der Waals surface area contributed by atoms with Crippen LogP contribution < -0.4 is 28.5 Å². The van der Waals surface area contributed by atoms with Gasteiger partial charge in [0.2, 0.25) is 0 Å². The Bertz CT molecular complexity index is 728. The van der Waals surface area contributed by atoms with Crippen LogP contribution in [-0.4, -0.2) is 4.57 Å². The molecule has 0 bridgehead atoms. The van der Waals surface area contributed by atoms with Gasteiger partial charge in [-0.3, -0.25) is 0 Å². The molecule has 0 aliphatic heterocycles. The van der Waals surface area contributed by atoms with E-state index in [0.717, 1.165) is 13.1 Å². The first-order valence-corrected chi connectivity index (χ1v) is 6.68. The zero-order chi connectivity index (χ0) is 12.7. The monoisotopic (exact) mass is 366 g/mol. The number of hydrogen-bond acceptors (Lipinski definition) is 0. The summed E-state index contributed by atoms with van der Waals surface area (Å²) in [4.78, 5) is 0. The number of benzene rings is 2. The Hall–Kier alpha value is -1.10. The topological polar surface area (TPSA) is 8.81 Å². The lowest BCUT2D eigenvalue weighted by molar-refractivity contribution is -0.674. The van der Waals surface area contributed by atoms with Gasteiger partial charge in [-0.15, -0.1) is 0 Å². The van der Waals surface area contributed by atoms with Crippen molar-refractivity contribution in [3.63, 3.8) is 0 Å². The van der Waals surface area contributed by atoms with Crippen LogP contribution in [0.25, 0.3) is 21.8 Å². The minimum atomic E-state index is 0. The van der Waals surface area contributed by atoms with Crippen LogP contribution in [0.2, 0.25) is 0 Å². The molecular formula is C16H19IN2. The van der Waals surface area contributed by atoms with E-state index in [1.807, 2.05) is 0 Å². The van der Waals surface area contributed by atoms with E-state index in [-0.39, 0.29) is 24.0 Å². The highest BCUT2D eigenvalue weighted by atomic mass is 127. The number of hydrogen-bond donors (Lipinski definition) is 0. The standard InChI is InChI=1S/C16H19N2.HI/c1-4-17-12(3)18(5-2)16-14-9-7-6-8-13(14)10-11-15(16)17;/h6-11H,4-5H2,1-3H3;1H/q+1;/p-1. The number of nitrogens with zero attached hydrogens (tertiary/aromatic N) is 2. The Labute approximate surface area is 131 Å². The molecule has 0 saturated carbocycles. The van der Waals surface area contributed by atoms with Gasteiger partial charge in [0, 0.05) is 12.3 Å². The highest BCUT2D eigenvalue weighted by Gasteiger charge is 2.21. The molecule has 3 aromatic rings. The molecule has 0 saturated heterocycles. The van der Waals surface area contributed by atoms with Crippen molar-refractivity contribution in [2.24, 2.45) is 0 Å². The lowest BCUT2D eigenvalue weighted by Gasteiger charge is -1.99. The van der Waals surface area contributed by atoms with Gasteiger partial charge in [-0.1, -0.05) is 18.2 Å². The number of fused-ring (bicyclic) bond motifs is 3. The second-order valence-corrected chi connectivity index (χ2v) is 4.69. The molecule has 1 heterocycles. The lowest BCUT2D eigenvalue weighted by Crippen LogP contribution is -3.00. The fraction of sp³-hybridized carbons (Fsp3) is 0.312. The molecule has 2 nitrogen and oxygen atoms in total. The quantitative estimate of drug-likeness (QED) is 0.460. The molecule has 0 N–H and O–H groups in total. The van der Waals surface area contributed by atoms with Gasteiger partial charge < -0.3 is 24.0 Å². The first-order chi connectivity index (χ1) is 8.77. The Morgan fingerprint density at radius 2 is 1.79 bits per heavy atom. The molecule has 0 unspecified atom stereocenters. The van der Waals surface area contributed by atoms with Gasteiger partial charge in [-0.25, -0.2) is 9.13 Å². The predicted molar refractivity (Wildman–Crippen MR) is 75.7 cm³/mol. The molecule has 0 radical (unpaired) electrons. The van der Waals surface area contributed by atoms with Crippen molar-refractivity contribution in [3.05, 3.63) is 42.2 Å². The lowest BCUT2D eigenvalue weighted by atomic mass is 10.1. The summed E-state index contributed by atoms with van der Waals surface area (Å²) in [6.07, 6.45) is 0. The summed E-state index contributed by atoms with van der Waals surface area (Å²) in [7, 11) is 0. The van der Waals surface area contributed by atoms with Gasteiger partial charge in [0.15, 0.2) is 11.0 Å². The van der Waals surface area contributed by atoms with Crippen LogP contribution in [0.3, 0.4) is 0 Å². The average molecular weight is 366 g/mol. The molecule has 2 aromatic carbocycles. The summed E-state index contributed by atoms with van der Waals surface area (Å²) < 4.78 is 4.81. The van der Waals surface area contributed by atoms with Crippen LogP contribution in [0, 0.1) is 6.92 Å². The van der Waals surface area contributed by atoms with E-state index in [1.165, 1.54) is 27.6 Å². The molecule has 3 heteroatoms. The van der Waals surface area contributed by atoms with Gasteiger partial charge in [0.1, 0.15) is 0 Å². The third-order valence-corrected chi connectivity index (χ3v) is 3.85. The summed E-state index contributed by atoms with van der Waals surface area (Å²) in [5.74, 6) is 1.34. The van der Waals surface area contributed by atoms with Crippen molar-refractivity contribution in [2.45, 2.75) is 33.9 Å². The van der Waals surface area contributed by atoms with Gasteiger partial charge in [0.05, 0.1) is 13.1 Å². The van der Waals surface area contributed by atoms with E-state index in [0.29, 0.717) is 0 Å². The van der Waals surface area contributed by atoms with Crippen molar-refractivity contribution in [2.75, 3.05) is 0 Å². The number of aryl methyl sites for hydroxylation is 2. The van der Waals surface area contributed by atoms with Gasteiger partial charge in [-0.2, -0.15) is 0 Å². The third-order valence-electron chi connectivity index (χ3n) is 3.85. The fourth-order valence-electron chi connectivity index (χ4n) is 3.01. The summed E-state index contributed by atoms with van der Waals surface area (Å²) in [5, 5.41) is 2.67. The molecule has 0 spiro atoms. The molecule has 19 heavy (non-hydrogen) atoms. The van der Waals surface area contributed by atoms with Crippen LogP contribution in [0.4, 0.5) is 0 Å². The molecule has 0 aliphatic rings. The number of aromatic nitrogens is 2. The maximum absolute atomic E-state index is 2.42. The first-order valence-electron chi connectivity index (χ1n) is 6.68. The van der Waals surface area contributed by atoms with Crippen LogP contribution in [0.1, 0.15) is 19.7 Å². The molecule has 1 aromatic heterocycles. The summed E-state index contributed by atoms with van der Waals surface area (Å²) in [5.41, 5.74) is 2.71. The summed E-state index contributed by atoms with van der Waals surface area (Å²) >= 11 is 0. The Kier molecular flexibility index (Phi) is 4.13. The molecule has 0 fully saturated rings. The molecule has 0 aliphatic carbocycles. The Morgan fingerprint density at radius 1 is 1.05 bits per heavy atom. The largest absolute Gasteiger partial charge is 1.00 e. The van der Waals surface area contributed by atoms with Gasteiger partial charge in [0.25, 0.3) is 5.82 Å². The molecular weight excluding hydrogens is 347 g/mol. The van der Waals surface area contributed by atoms with Crippen LogP contribution in [-0.2, 0) is 13.1 Å². The van der Waals surface area contributed by atoms with E-state index in [9.17, 15) is 0 Å². The second kappa shape index (κ2) is 5.49. The Morgan fingerprint density at radius 3 is 2.47 bits per heavy atom. The number of imidazole rings is 1. The summed E-state index contributed by atoms with van der Waals surface area (Å²) in [6.45, 7) is 8.68. The van der Waals surface area contributed by atoms with Crippen LogP contribution in [0.5, 0.6) is 0 Å². The fourth-order valence-corrected chi connectivity index (χ4v) is 3.01.